The Labute approximate surface area is 130 Å². The van der Waals surface area contributed by atoms with Crippen molar-refractivity contribution in [2.75, 3.05) is 11.9 Å². The lowest BCUT2D eigenvalue weighted by Crippen LogP contribution is -2.11. The number of aliphatic hydroxyl groups excluding tert-OH is 1. The van der Waals surface area contributed by atoms with E-state index < -0.39 is 6.10 Å². The van der Waals surface area contributed by atoms with E-state index in [9.17, 15) is 9.90 Å². The normalized spacial score (nSPS) is 11.8. The highest BCUT2D eigenvalue weighted by Crippen LogP contribution is 2.17. The van der Waals surface area contributed by atoms with E-state index in [0.29, 0.717) is 17.9 Å². The van der Waals surface area contributed by atoms with Gasteiger partial charge in [0.1, 0.15) is 5.75 Å². The van der Waals surface area contributed by atoms with E-state index in [0.717, 1.165) is 17.7 Å². The summed E-state index contributed by atoms with van der Waals surface area (Å²) in [5.41, 5.74) is 2.08. The maximum Gasteiger partial charge on any atom is 0.255 e. The summed E-state index contributed by atoms with van der Waals surface area (Å²) >= 11 is 0. The third kappa shape index (κ3) is 4.33. The molecular formula is C18H21NO3. The summed E-state index contributed by atoms with van der Waals surface area (Å²) in [6.45, 7) is 4.42. The highest BCUT2D eigenvalue weighted by atomic mass is 16.5. The SMILES string of the molecule is CCCOc1ccc(C(=O)Nc2ccc(C(C)O)cc2)cc1. The molecule has 0 bridgehead atoms. The zero-order valence-corrected chi connectivity index (χ0v) is 12.9. The van der Waals surface area contributed by atoms with Crippen LogP contribution in [0.1, 0.15) is 42.3 Å². The molecule has 0 spiro atoms. The Morgan fingerprint density at radius 2 is 1.77 bits per heavy atom. The fourth-order valence-corrected chi connectivity index (χ4v) is 1.97. The van der Waals surface area contributed by atoms with Gasteiger partial charge in [0.25, 0.3) is 5.91 Å². The third-order valence-corrected chi connectivity index (χ3v) is 3.24. The van der Waals surface area contributed by atoms with Crippen molar-refractivity contribution < 1.29 is 14.6 Å². The van der Waals surface area contributed by atoms with Gasteiger partial charge in [0.15, 0.2) is 0 Å². The quantitative estimate of drug-likeness (QED) is 0.853. The summed E-state index contributed by atoms with van der Waals surface area (Å²) < 4.78 is 5.49. The van der Waals surface area contributed by atoms with Gasteiger partial charge in [-0.25, -0.2) is 0 Å². The highest BCUT2D eigenvalue weighted by Gasteiger charge is 2.07. The largest absolute Gasteiger partial charge is 0.494 e. The van der Waals surface area contributed by atoms with Crippen molar-refractivity contribution in [2.45, 2.75) is 26.4 Å². The molecule has 0 heterocycles. The molecule has 4 heteroatoms. The van der Waals surface area contributed by atoms with Crippen molar-refractivity contribution in [2.24, 2.45) is 0 Å². The Kier molecular flexibility index (Phi) is 5.55. The molecule has 1 unspecified atom stereocenters. The van der Waals surface area contributed by atoms with Gasteiger partial charge in [-0.2, -0.15) is 0 Å². The zero-order chi connectivity index (χ0) is 15.9. The van der Waals surface area contributed by atoms with Gasteiger partial charge in [-0.3, -0.25) is 4.79 Å². The first-order valence-corrected chi connectivity index (χ1v) is 7.42. The van der Waals surface area contributed by atoms with Crippen LogP contribution in [0.15, 0.2) is 48.5 Å². The molecule has 0 radical (unpaired) electrons. The van der Waals surface area contributed by atoms with Gasteiger partial charge < -0.3 is 15.2 Å². The molecule has 0 aliphatic carbocycles. The summed E-state index contributed by atoms with van der Waals surface area (Å²) in [5, 5.41) is 12.3. The van der Waals surface area contributed by atoms with Crippen LogP contribution in [0, 0.1) is 0 Å². The number of carbonyl (C=O) groups excluding carboxylic acids is 1. The van der Waals surface area contributed by atoms with Crippen LogP contribution in [0.2, 0.25) is 0 Å². The van der Waals surface area contributed by atoms with Crippen LogP contribution in [0.5, 0.6) is 5.75 Å². The summed E-state index contributed by atoms with van der Waals surface area (Å²) in [6.07, 6.45) is 0.436. The smallest absolute Gasteiger partial charge is 0.255 e. The molecule has 22 heavy (non-hydrogen) atoms. The van der Waals surface area contributed by atoms with Crippen molar-refractivity contribution in [3.63, 3.8) is 0 Å². The molecule has 0 aromatic heterocycles. The Hall–Kier alpha value is -2.33. The minimum atomic E-state index is -0.514. The van der Waals surface area contributed by atoms with Crippen LogP contribution in [-0.2, 0) is 0 Å². The van der Waals surface area contributed by atoms with Crippen molar-refractivity contribution in [3.8, 4) is 5.75 Å². The van der Waals surface area contributed by atoms with E-state index >= 15 is 0 Å². The van der Waals surface area contributed by atoms with E-state index in [1.807, 2.05) is 6.92 Å². The standard InChI is InChI=1S/C18H21NO3/c1-3-12-22-17-10-6-15(7-11-17)18(21)19-16-8-4-14(5-9-16)13(2)20/h4-11,13,20H,3,12H2,1-2H3,(H,19,21). The lowest BCUT2D eigenvalue weighted by molar-refractivity contribution is 0.102. The lowest BCUT2D eigenvalue weighted by Gasteiger charge is -2.09. The van der Waals surface area contributed by atoms with Gasteiger partial charge in [0, 0.05) is 11.3 Å². The fraction of sp³-hybridized carbons (Fsp3) is 0.278. The first-order valence-electron chi connectivity index (χ1n) is 7.42. The number of nitrogens with one attached hydrogen (secondary N) is 1. The number of hydrogen-bond donors (Lipinski definition) is 2. The molecule has 0 saturated carbocycles. The predicted octanol–water partition coefficient (Wildman–Crippen LogP) is 3.78. The molecule has 0 aliphatic rings. The van der Waals surface area contributed by atoms with Crippen molar-refractivity contribution >= 4 is 11.6 Å². The van der Waals surface area contributed by atoms with E-state index in [1.54, 1.807) is 55.5 Å². The van der Waals surface area contributed by atoms with Crippen LogP contribution < -0.4 is 10.1 Å². The Morgan fingerprint density at radius 1 is 1.14 bits per heavy atom. The molecule has 4 nitrogen and oxygen atoms in total. The molecule has 2 rings (SSSR count). The van der Waals surface area contributed by atoms with E-state index in [4.69, 9.17) is 4.74 Å². The fourth-order valence-electron chi connectivity index (χ4n) is 1.97. The van der Waals surface area contributed by atoms with Gasteiger partial charge in [0.2, 0.25) is 0 Å². The molecule has 2 aromatic rings. The van der Waals surface area contributed by atoms with E-state index in [1.165, 1.54) is 0 Å². The zero-order valence-electron chi connectivity index (χ0n) is 12.9. The number of anilines is 1. The van der Waals surface area contributed by atoms with Crippen LogP contribution >= 0.6 is 0 Å². The molecule has 2 N–H and O–H groups in total. The number of ether oxygens (including phenoxy) is 1. The monoisotopic (exact) mass is 299 g/mol. The molecule has 116 valence electrons. The number of rotatable bonds is 6. The van der Waals surface area contributed by atoms with Crippen molar-refractivity contribution in [1.82, 2.24) is 0 Å². The van der Waals surface area contributed by atoms with Gasteiger partial charge >= 0.3 is 0 Å². The van der Waals surface area contributed by atoms with E-state index in [2.05, 4.69) is 5.32 Å². The Bertz CT molecular complexity index is 603. The molecule has 0 saturated heterocycles. The maximum atomic E-state index is 12.2. The molecule has 1 atom stereocenters. The lowest BCUT2D eigenvalue weighted by atomic mass is 10.1. The third-order valence-electron chi connectivity index (χ3n) is 3.24. The second-order valence-electron chi connectivity index (χ2n) is 5.12. The molecule has 0 aliphatic heterocycles. The number of hydrogen-bond acceptors (Lipinski definition) is 3. The van der Waals surface area contributed by atoms with Gasteiger partial charge in [0.05, 0.1) is 12.7 Å². The molecule has 2 aromatic carbocycles. The van der Waals surface area contributed by atoms with Crippen molar-refractivity contribution in [3.05, 3.63) is 59.7 Å². The minimum Gasteiger partial charge on any atom is -0.494 e. The molecular weight excluding hydrogens is 278 g/mol. The Morgan fingerprint density at radius 3 is 2.32 bits per heavy atom. The van der Waals surface area contributed by atoms with E-state index in [-0.39, 0.29) is 5.91 Å². The predicted molar refractivity (Wildman–Crippen MR) is 87.3 cm³/mol. The summed E-state index contributed by atoms with van der Waals surface area (Å²) in [7, 11) is 0. The van der Waals surface area contributed by atoms with Crippen LogP contribution in [-0.4, -0.2) is 17.6 Å². The number of aliphatic hydroxyl groups is 1. The average Bonchev–Trinajstić information content (AvgIpc) is 2.54. The van der Waals surface area contributed by atoms with Crippen LogP contribution in [0.25, 0.3) is 0 Å². The number of amides is 1. The average molecular weight is 299 g/mol. The summed E-state index contributed by atoms with van der Waals surface area (Å²) in [6, 6.07) is 14.2. The van der Waals surface area contributed by atoms with Gasteiger partial charge in [-0.15, -0.1) is 0 Å². The summed E-state index contributed by atoms with van der Waals surface area (Å²) in [4.78, 5) is 12.2. The molecule has 0 fully saturated rings. The topological polar surface area (TPSA) is 58.6 Å². The van der Waals surface area contributed by atoms with Crippen LogP contribution in [0.3, 0.4) is 0 Å². The molecule has 1 amide bonds. The first kappa shape index (κ1) is 16.0. The number of carbonyl (C=O) groups is 1. The second kappa shape index (κ2) is 7.61. The van der Waals surface area contributed by atoms with Gasteiger partial charge in [-0.1, -0.05) is 19.1 Å². The first-order chi connectivity index (χ1) is 10.6. The number of benzene rings is 2. The van der Waals surface area contributed by atoms with Gasteiger partial charge in [-0.05, 0) is 55.3 Å². The minimum absolute atomic E-state index is 0.174. The second-order valence-corrected chi connectivity index (χ2v) is 5.12. The highest BCUT2D eigenvalue weighted by molar-refractivity contribution is 6.04. The van der Waals surface area contributed by atoms with Crippen LogP contribution in [0.4, 0.5) is 5.69 Å². The van der Waals surface area contributed by atoms with Crippen molar-refractivity contribution in [1.29, 1.82) is 0 Å². The maximum absolute atomic E-state index is 12.2. The Balaban J connectivity index is 1.99. The summed E-state index contributed by atoms with van der Waals surface area (Å²) in [5.74, 6) is 0.589.